The fourth-order valence-electron chi connectivity index (χ4n) is 2.12. The summed E-state index contributed by atoms with van der Waals surface area (Å²) in [7, 11) is 0. The van der Waals surface area contributed by atoms with Crippen LogP contribution in [0.25, 0.3) is 10.9 Å². The second-order valence-electron chi connectivity index (χ2n) is 4.50. The molecule has 0 bridgehead atoms. The van der Waals surface area contributed by atoms with Gasteiger partial charge in [0.2, 0.25) is 0 Å². The van der Waals surface area contributed by atoms with Crippen molar-refractivity contribution >= 4 is 44.5 Å². The number of nitriles is 2. The maximum Gasteiger partial charge on any atom is 0.101 e. The lowest BCUT2D eigenvalue weighted by molar-refractivity contribution is 1.40. The number of halogens is 1. The quantitative estimate of drug-likeness (QED) is 0.651. The Labute approximate surface area is 140 Å². The van der Waals surface area contributed by atoms with Crippen molar-refractivity contribution < 1.29 is 0 Å². The van der Waals surface area contributed by atoms with Gasteiger partial charge in [-0.1, -0.05) is 22.0 Å². The van der Waals surface area contributed by atoms with Crippen LogP contribution in [0.4, 0.5) is 5.69 Å². The first-order chi connectivity index (χ1) is 10.7. The minimum atomic E-state index is 0.599. The molecule has 6 heteroatoms. The van der Waals surface area contributed by atoms with Crippen molar-refractivity contribution in [3.8, 4) is 12.1 Å². The monoisotopic (exact) mass is 368 g/mol. The van der Waals surface area contributed by atoms with E-state index in [0.29, 0.717) is 11.1 Å². The summed E-state index contributed by atoms with van der Waals surface area (Å²) >= 11 is 4.90. The summed E-state index contributed by atoms with van der Waals surface area (Å²) in [5.74, 6) is 0. The number of hydrogen-bond donors (Lipinski definition) is 2. The molecule has 0 amide bonds. The van der Waals surface area contributed by atoms with Crippen molar-refractivity contribution in [1.82, 2.24) is 4.98 Å². The van der Waals surface area contributed by atoms with Crippen LogP contribution in [0.15, 0.2) is 52.0 Å². The molecular weight excluding hydrogens is 360 g/mol. The lowest BCUT2D eigenvalue weighted by Crippen LogP contribution is -1.89. The van der Waals surface area contributed by atoms with Gasteiger partial charge in [0.1, 0.15) is 6.07 Å². The van der Waals surface area contributed by atoms with Gasteiger partial charge in [0.15, 0.2) is 0 Å². The molecule has 0 aliphatic rings. The summed E-state index contributed by atoms with van der Waals surface area (Å²) in [6.45, 7) is 0. The average molecular weight is 369 g/mol. The number of fused-ring (bicyclic) bond motifs is 1. The van der Waals surface area contributed by atoms with Crippen molar-refractivity contribution in [1.29, 1.82) is 10.5 Å². The van der Waals surface area contributed by atoms with E-state index in [1.54, 1.807) is 12.3 Å². The number of nitrogens with one attached hydrogen (secondary N) is 2. The molecule has 106 valence electrons. The smallest absolute Gasteiger partial charge is 0.101 e. The average Bonchev–Trinajstić information content (AvgIpc) is 2.99. The van der Waals surface area contributed by atoms with E-state index in [9.17, 15) is 0 Å². The van der Waals surface area contributed by atoms with E-state index < -0.39 is 0 Å². The van der Waals surface area contributed by atoms with Gasteiger partial charge < -0.3 is 9.71 Å². The highest BCUT2D eigenvalue weighted by molar-refractivity contribution is 9.10. The molecular formula is C16H9BrN4S. The molecule has 0 saturated heterocycles. The number of nitrogens with zero attached hydrogens (tertiary/aromatic N) is 2. The predicted molar refractivity (Wildman–Crippen MR) is 91.4 cm³/mol. The number of aromatic amines is 1. The molecule has 0 fully saturated rings. The van der Waals surface area contributed by atoms with E-state index in [0.717, 1.165) is 26.0 Å². The molecule has 1 heterocycles. The molecule has 0 aliphatic carbocycles. The van der Waals surface area contributed by atoms with Crippen LogP contribution in [0, 0.1) is 22.7 Å². The first-order valence-electron chi connectivity index (χ1n) is 6.35. The van der Waals surface area contributed by atoms with E-state index in [-0.39, 0.29) is 0 Å². The lowest BCUT2D eigenvalue weighted by atomic mass is 10.2. The van der Waals surface area contributed by atoms with Crippen molar-refractivity contribution in [2.45, 2.75) is 4.90 Å². The molecule has 3 aromatic rings. The third-order valence-corrected chi connectivity index (χ3v) is 4.62. The molecule has 2 N–H and O–H groups in total. The van der Waals surface area contributed by atoms with Gasteiger partial charge in [0.05, 0.1) is 28.4 Å². The Morgan fingerprint density at radius 1 is 1.14 bits per heavy atom. The van der Waals surface area contributed by atoms with E-state index >= 15 is 0 Å². The van der Waals surface area contributed by atoms with Crippen LogP contribution in [-0.2, 0) is 0 Å². The SMILES string of the molecule is N#Cc1cccc(SNc2ccc(Br)c3c(C#N)c[nH]c23)c1. The van der Waals surface area contributed by atoms with Crippen LogP contribution in [0.5, 0.6) is 0 Å². The number of hydrogen-bond acceptors (Lipinski definition) is 4. The van der Waals surface area contributed by atoms with E-state index in [4.69, 9.17) is 10.5 Å². The van der Waals surface area contributed by atoms with Crippen molar-refractivity contribution in [3.63, 3.8) is 0 Å². The zero-order chi connectivity index (χ0) is 15.5. The Hall–Kier alpha value is -2.41. The summed E-state index contributed by atoms with van der Waals surface area (Å²) in [5, 5.41) is 18.9. The van der Waals surface area contributed by atoms with Gasteiger partial charge in [-0.25, -0.2) is 0 Å². The highest BCUT2D eigenvalue weighted by Gasteiger charge is 2.11. The highest BCUT2D eigenvalue weighted by Crippen LogP contribution is 2.34. The summed E-state index contributed by atoms with van der Waals surface area (Å²) in [4.78, 5) is 4.07. The standard InChI is InChI=1S/C16H9BrN4S/c17-13-4-5-14(16-15(13)11(8-19)9-20-16)21-22-12-3-1-2-10(6-12)7-18/h1-6,9,20-21H. The normalized spacial score (nSPS) is 10.1. The predicted octanol–water partition coefficient (Wildman–Crippen LogP) is 4.79. The fraction of sp³-hybridized carbons (Fsp3) is 0. The van der Waals surface area contributed by atoms with Crippen LogP contribution in [-0.4, -0.2) is 4.98 Å². The van der Waals surface area contributed by atoms with Crippen molar-refractivity contribution in [2.75, 3.05) is 4.72 Å². The van der Waals surface area contributed by atoms with Crippen LogP contribution < -0.4 is 4.72 Å². The molecule has 0 aliphatic heterocycles. The Morgan fingerprint density at radius 2 is 2.00 bits per heavy atom. The largest absolute Gasteiger partial charge is 0.358 e. The Morgan fingerprint density at radius 3 is 2.77 bits per heavy atom. The highest BCUT2D eigenvalue weighted by atomic mass is 79.9. The molecule has 0 radical (unpaired) electrons. The zero-order valence-electron chi connectivity index (χ0n) is 11.2. The molecule has 4 nitrogen and oxygen atoms in total. The molecule has 0 atom stereocenters. The topological polar surface area (TPSA) is 75.4 Å². The first-order valence-corrected chi connectivity index (χ1v) is 7.96. The number of aromatic nitrogens is 1. The Kier molecular flexibility index (Phi) is 4.06. The molecule has 0 spiro atoms. The van der Waals surface area contributed by atoms with Gasteiger partial charge >= 0.3 is 0 Å². The van der Waals surface area contributed by atoms with Crippen molar-refractivity contribution in [2.24, 2.45) is 0 Å². The molecule has 1 aromatic heterocycles. The number of benzene rings is 2. The summed E-state index contributed by atoms with van der Waals surface area (Å²) < 4.78 is 4.14. The van der Waals surface area contributed by atoms with Gasteiger partial charge in [-0.15, -0.1) is 0 Å². The summed E-state index contributed by atoms with van der Waals surface area (Å²) in [6.07, 6.45) is 1.70. The van der Waals surface area contributed by atoms with Crippen molar-refractivity contribution in [3.05, 3.63) is 58.2 Å². The van der Waals surface area contributed by atoms with E-state index in [2.05, 4.69) is 37.8 Å². The lowest BCUT2D eigenvalue weighted by Gasteiger charge is -2.08. The van der Waals surface area contributed by atoms with Gasteiger partial charge in [-0.2, -0.15) is 10.5 Å². The number of rotatable bonds is 3. The van der Waals surface area contributed by atoms with Gasteiger partial charge in [0, 0.05) is 21.0 Å². The summed E-state index contributed by atoms with van der Waals surface area (Å²) in [6, 6.07) is 15.5. The minimum absolute atomic E-state index is 0.599. The number of anilines is 1. The van der Waals surface area contributed by atoms with Crippen LogP contribution in [0.1, 0.15) is 11.1 Å². The maximum atomic E-state index is 9.16. The number of H-pyrrole nitrogens is 1. The Balaban J connectivity index is 1.92. The van der Waals surface area contributed by atoms with Crippen LogP contribution in [0.2, 0.25) is 0 Å². The second-order valence-corrected chi connectivity index (χ2v) is 6.24. The first kappa shape index (κ1) is 14.5. The molecule has 3 rings (SSSR count). The summed E-state index contributed by atoms with van der Waals surface area (Å²) in [5.41, 5.74) is 2.98. The molecule has 0 unspecified atom stereocenters. The Bertz CT molecular complexity index is 933. The zero-order valence-corrected chi connectivity index (χ0v) is 13.6. The molecule has 0 saturated carbocycles. The van der Waals surface area contributed by atoms with E-state index in [1.165, 1.54) is 11.9 Å². The van der Waals surface area contributed by atoms with E-state index in [1.807, 2.05) is 30.3 Å². The third kappa shape index (κ3) is 2.67. The van der Waals surface area contributed by atoms with Crippen LogP contribution in [0.3, 0.4) is 0 Å². The minimum Gasteiger partial charge on any atom is -0.358 e. The molecule has 2 aromatic carbocycles. The van der Waals surface area contributed by atoms with Gasteiger partial charge in [-0.05, 0) is 42.3 Å². The van der Waals surface area contributed by atoms with Crippen LogP contribution >= 0.6 is 27.9 Å². The second kappa shape index (κ2) is 6.15. The maximum absolute atomic E-state index is 9.16. The fourth-order valence-corrected chi connectivity index (χ4v) is 3.40. The van der Waals surface area contributed by atoms with Gasteiger partial charge in [-0.3, -0.25) is 0 Å². The molecule has 22 heavy (non-hydrogen) atoms. The van der Waals surface area contributed by atoms with Gasteiger partial charge in [0.25, 0.3) is 0 Å². The third-order valence-electron chi connectivity index (χ3n) is 3.15.